The normalized spacial score (nSPS) is 22.2. The van der Waals surface area contributed by atoms with E-state index in [0.29, 0.717) is 45.0 Å². The van der Waals surface area contributed by atoms with E-state index in [0.717, 1.165) is 9.75 Å². The third-order valence-electron chi connectivity index (χ3n) is 8.30. The molecule has 14 heteroatoms. The second-order valence-corrected chi connectivity index (χ2v) is 14.5. The lowest BCUT2D eigenvalue weighted by molar-refractivity contribution is -0.124. The molecule has 0 N–H and O–H groups in total. The molecular weight excluding hydrogens is 710 g/mol. The molecule has 2 aromatic heterocycles. The second-order valence-electron chi connectivity index (χ2n) is 10.9. The molecule has 4 aliphatic heterocycles. The summed E-state index contributed by atoms with van der Waals surface area (Å²) in [5.74, 6) is 0.865. The van der Waals surface area contributed by atoms with Crippen LogP contribution in [0.3, 0.4) is 0 Å². The predicted octanol–water partition coefficient (Wildman–Crippen LogP) is 8.62. The highest BCUT2D eigenvalue weighted by atomic mass is 35.5. The van der Waals surface area contributed by atoms with Crippen molar-refractivity contribution in [1.29, 1.82) is 0 Å². The van der Waals surface area contributed by atoms with Crippen LogP contribution in [-0.2, 0) is 9.59 Å². The van der Waals surface area contributed by atoms with Gasteiger partial charge in [-0.2, -0.15) is 0 Å². The van der Waals surface area contributed by atoms with Crippen LogP contribution < -0.4 is 30.0 Å². The van der Waals surface area contributed by atoms with Gasteiger partial charge in [0.15, 0.2) is 23.0 Å². The summed E-state index contributed by atoms with van der Waals surface area (Å²) in [6.45, 7) is 0. The molecule has 46 heavy (non-hydrogen) atoms. The highest BCUT2D eigenvalue weighted by Crippen LogP contribution is 2.49. The number of carbonyl (C=O) groups is 2. The zero-order valence-electron chi connectivity index (χ0n) is 23.0. The lowest BCUT2D eigenvalue weighted by Crippen LogP contribution is -2.56. The van der Waals surface area contributed by atoms with Crippen LogP contribution in [0.4, 0.5) is 22.7 Å². The summed E-state index contributed by atoms with van der Waals surface area (Å²) in [7, 11) is 0. The summed E-state index contributed by atoms with van der Waals surface area (Å²) in [6.07, 6.45) is 0. The lowest BCUT2D eigenvalue weighted by Gasteiger charge is -2.44. The lowest BCUT2D eigenvalue weighted by atomic mass is 9.98. The van der Waals surface area contributed by atoms with Gasteiger partial charge in [0.1, 0.15) is 42.9 Å². The summed E-state index contributed by atoms with van der Waals surface area (Å²) < 4.78 is 12.6. The minimum absolute atomic E-state index is 0.168. The Balaban J connectivity index is 1.08. The molecular formula is C32H16Cl4N4O4S2. The monoisotopic (exact) mass is 724 g/mol. The van der Waals surface area contributed by atoms with Crippen LogP contribution >= 0.6 is 69.1 Å². The van der Waals surface area contributed by atoms with Gasteiger partial charge in [0.25, 0.3) is 0 Å². The maximum absolute atomic E-state index is 12.8. The SMILES string of the molecule is O=C1C(Cl)C(c2cccs2)N1c1ccc2c(c1)Oc1c(Cl)c3c(c(Cl)c1=N2)Oc1cc(N2C(=O)C(Cl)C2c2cccs2)ccc1N=3. The number of alkyl halides is 2. The van der Waals surface area contributed by atoms with E-state index in [2.05, 4.69) is 0 Å². The van der Waals surface area contributed by atoms with Crippen LogP contribution in [0.5, 0.6) is 23.0 Å². The molecule has 0 spiro atoms. The van der Waals surface area contributed by atoms with E-state index >= 15 is 0 Å². The first-order chi connectivity index (χ1) is 22.3. The van der Waals surface area contributed by atoms with Crippen LogP contribution in [0.15, 0.2) is 81.4 Å². The van der Waals surface area contributed by atoms with Gasteiger partial charge < -0.3 is 19.3 Å². The van der Waals surface area contributed by atoms with Crippen molar-refractivity contribution >= 4 is 104 Å². The number of carbonyl (C=O) groups excluding carboxylic acids is 2. The van der Waals surface area contributed by atoms with Gasteiger partial charge in [-0.05, 0) is 47.2 Å². The Morgan fingerprint density at radius 1 is 0.652 bits per heavy atom. The molecule has 4 unspecified atom stereocenters. The number of hydrogen-bond acceptors (Lipinski definition) is 8. The van der Waals surface area contributed by atoms with Crippen LogP contribution in [0.2, 0.25) is 10.0 Å². The first-order valence-corrected chi connectivity index (χ1v) is 17.3. The number of rotatable bonds is 4. The molecule has 0 aliphatic carbocycles. The summed E-state index contributed by atoms with van der Waals surface area (Å²) in [6, 6.07) is 17.8. The van der Waals surface area contributed by atoms with E-state index in [1.165, 1.54) is 0 Å². The fourth-order valence-corrected chi connectivity index (χ4v) is 9.14. The van der Waals surface area contributed by atoms with Gasteiger partial charge in [0.2, 0.25) is 11.8 Å². The Morgan fingerprint density at radius 2 is 1.09 bits per heavy atom. The topological polar surface area (TPSA) is 83.8 Å². The number of ether oxygens (including phenoxy) is 2. The maximum atomic E-state index is 12.8. The van der Waals surface area contributed by atoms with E-state index < -0.39 is 10.8 Å². The molecule has 2 amide bonds. The van der Waals surface area contributed by atoms with E-state index in [4.69, 9.17) is 65.9 Å². The molecule has 4 aliphatic rings. The van der Waals surface area contributed by atoms with Crippen molar-refractivity contribution in [2.75, 3.05) is 9.80 Å². The van der Waals surface area contributed by atoms with Gasteiger partial charge in [0.05, 0.1) is 12.1 Å². The molecule has 0 saturated carbocycles. The van der Waals surface area contributed by atoms with Crippen LogP contribution in [0.1, 0.15) is 21.8 Å². The summed E-state index contributed by atoms with van der Waals surface area (Å²) in [4.78, 5) is 40.4. The molecule has 2 fully saturated rings. The van der Waals surface area contributed by atoms with Gasteiger partial charge in [-0.1, -0.05) is 35.3 Å². The maximum Gasteiger partial charge on any atom is 0.248 e. The molecule has 4 atom stereocenters. The highest BCUT2D eigenvalue weighted by Gasteiger charge is 2.49. The number of nitrogens with zero attached hydrogens (tertiary/aromatic N) is 4. The standard InChI is InChI=1S/C32H16Cl4N4O4S2/c33-21-26-30(44-18-12-14(6-8-16(18)38-26)40-28(24(36)32(40)42)20-4-2-10-46-20)22(34)25-29(21)43-17-11-13(5-7-15(17)37-25)39-27(23(35)31(39)41)19-3-1-9-45-19/h1-12,23-24,27-28H. The van der Waals surface area contributed by atoms with Crippen molar-refractivity contribution in [1.82, 2.24) is 0 Å². The third-order valence-corrected chi connectivity index (χ3v) is 11.7. The molecule has 2 saturated heterocycles. The highest BCUT2D eigenvalue weighted by molar-refractivity contribution is 7.10. The van der Waals surface area contributed by atoms with Crippen molar-refractivity contribution in [2.24, 2.45) is 9.98 Å². The molecule has 6 heterocycles. The minimum atomic E-state index is -0.646. The largest absolute Gasteiger partial charge is 0.451 e. The van der Waals surface area contributed by atoms with E-state index in [9.17, 15) is 9.59 Å². The number of fused-ring (bicyclic) bond motifs is 4. The fraction of sp³-hybridized carbons (Fsp3) is 0.125. The van der Waals surface area contributed by atoms with Crippen molar-refractivity contribution in [2.45, 2.75) is 22.8 Å². The molecule has 8 nitrogen and oxygen atoms in total. The number of anilines is 2. The van der Waals surface area contributed by atoms with E-state index in [-0.39, 0.29) is 45.4 Å². The molecule has 9 rings (SSSR count). The van der Waals surface area contributed by atoms with Crippen molar-refractivity contribution in [3.8, 4) is 23.0 Å². The Labute approximate surface area is 288 Å². The Hall–Kier alpha value is -3.64. The number of hydrogen-bond donors (Lipinski definition) is 0. The number of halogens is 4. The van der Waals surface area contributed by atoms with Crippen molar-refractivity contribution in [3.05, 3.63) is 102 Å². The average Bonchev–Trinajstić information content (AvgIpc) is 3.81. The van der Waals surface area contributed by atoms with Crippen molar-refractivity contribution < 1.29 is 19.1 Å². The molecule has 0 bridgehead atoms. The summed E-state index contributed by atoms with van der Waals surface area (Å²) in [5, 5.41) is 3.53. The first kappa shape index (κ1) is 28.6. The van der Waals surface area contributed by atoms with E-state index in [1.54, 1.807) is 68.9 Å². The molecule has 0 radical (unpaired) electrons. The zero-order valence-corrected chi connectivity index (χ0v) is 27.6. The molecule has 5 aromatic rings. The zero-order chi connectivity index (χ0) is 31.4. The third kappa shape index (κ3) is 4.04. The van der Waals surface area contributed by atoms with Crippen LogP contribution in [-0.4, -0.2) is 22.6 Å². The Morgan fingerprint density at radius 3 is 1.48 bits per heavy atom. The number of amides is 2. The second kappa shape index (κ2) is 10.4. The Bertz CT molecular complexity index is 2100. The summed E-state index contributed by atoms with van der Waals surface area (Å²) in [5.41, 5.74) is 2.25. The number of benzene rings is 3. The number of β-lactam (4-membered cyclic amide) rings is 2. The number of thiophene rings is 2. The van der Waals surface area contributed by atoms with Gasteiger partial charge in [0, 0.05) is 33.3 Å². The smallest absolute Gasteiger partial charge is 0.248 e. The average molecular weight is 726 g/mol. The van der Waals surface area contributed by atoms with Crippen LogP contribution in [0, 0.1) is 0 Å². The molecule has 228 valence electrons. The predicted molar refractivity (Wildman–Crippen MR) is 179 cm³/mol. The minimum Gasteiger partial charge on any atom is -0.451 e. The first-order valence-electron chi connectivity index (χ1n) is 13.9. The quantitative estimate of drug-likeness (QED) is 0.134. The van der Waals surface area contributed by atoms with Gasteiger partial charge in [-0.15, -0.1) is 45.9 Å². The van der Waals surface area contributed by atoms with Gasteiger partial charge in [-0.3, -0.25) is 9.59 Å². The van der Waals surface area contributed by atoms with Crippen molar-refractivity contribution in [3.63, 3.8) is 0 Å². The Kier molecular flexibility index (Phi) is 6.48. The van der Waals surface area contributed by atoms with E-state index in [1.807, 2.05) is 35.0 Å². The van der Waals surface area contributed by atoms with Crippen LogP contribution in [0.25, 0.3) is 0 Å². The molecule has 3 aromatic carbocycles. The fourth-order valence-electron chi connectivity index (χ4n) is 6.07. The summed E-state index contributed by atoms with van der Waals surface area (Å²) >= 11 is 29.7. The van der Waals surface area contributed by atoms with Gasteiger partial charge in [-0.25, -0.2) is 9.98 Å². The van der Waals surface area contributed by atoms with Gasteiger partial charge >= 0.3 is 0 Å².